The molecule has 0 saturated carbocycles. The second-order valence-corrected chi connectivity index (χ2v) is 2.52. The maximum absolute atomic E-state index is 10.7. The van der Waals surface area contributed by atoms with Crippen LogP contribution in [0.15, 0.2) is 0 Å². The van der Waals surface area contributed by atoms with E-state index in [0.29, 0.717) is 0 Å². The van der Waals surface area contributed by atoms with Gasteiger partial charge in [-0.3, -0.25) is 0 Å². The molecule has 0 bridgehead atoms. The van der Waals surface area contributed by atoms with Crippen LogP contribution in [-0.4, -0.2) is 25.1 Å². The van der Waals surface area contributed by atoms with Crippen LogP contribution < -0.4 is 9.41 Å². The predicted molar refractivity (Wildman–Crippen MR) is 40.1 cm³/mol. The molecule has 12 heavy (non-hydrogen) atoms. The molecule has 0 N–H and O–H groups in total. The molecule has 80 valence electrons. The van der Waals surface area contributed by atoms with Crippen LogP contribution in [0.5, 0.6) is 0 Å². The first-order valence-corrected chi connectivity index (χ1v) is 4.54. The molecule has 0 atom stereocenters. The minimum Gasteiger partial charge on any atom is -1.00 e. The molecule has 0 aliphatic rings. The Bertz CT molecular complexity index is 67.0. The van der Waals surface area contributed by atoms with Gasteiger partial charge in [-0.15, -0.1) is 0 Å². The summed E-state index contributed by atoms with van der Waals surface area (Å²) in [6.07, 6.45) is 2.88. The van der Waals surface area contributed by atoms with Gasteiger partial charge >= 0.3 is 5.51 Å². The first kappa shape index (κ1) is 22.8. The lowest BCUT2D eigenvalue weighted by Gasteiger charge is -1.95. The molecule has 0 aromatic heterocycles. The predicted octanol–water partition coefficient (Wildman–Crippen LogP) is -3.21. The van der Waals surface area contributed by atoms with E-state index in [1.807, 2.05) is 6.26 Å². The molecule has 0 aromatic rings. The van der Waals surface area contributed by atoms with Gasteiger partial charge in [-0.25, -0.2) is 0 Å². The molecular weight excluding hydrogens is 223 g/mol. The number of halogens is 5. The monoisotopic (exact) mass is 232 g/mol. The third-order valence-corrected chi connectivity index (χ3v) is 1.19. The summed E-state index contributed by atoms with van der Waals surface area (Å²) in [6, 6.07) is 0. The van der Waals surface area contributed by atoms with Gasteiger partial charge in [0.1, 0.15) is 0 Å². The van der Waals surface area contributed by atoms with E-state index in [0.717, 1.165) is 6.26 Å². The minimum atomic E-state index is -4.04. The van der Waals surface area contributed by atoms with Gasteiger partial charge in [-0.05, 0) is 18.3 Å². The SMILES string of the molecule is COSC.CSC(F)(F)F.[F-].[F-]. The third-order valence-electron chi connectivity index (χ3n) is 0.398. The Hall–Kier alpha value is 0.310. The van der Waals surface area contributed by atoms with Crippen LogP contribution in [-0.2, 0) is 4.18 Å². The quantitative estimate of drug-likeness (QED) is 0.348. The van der Waals surface area contributed by atoms with Crippen molar-refractivity contribution in [3.8, 4) is 0 Å². The van der Waals surface area contributed by atoms with Gasteiger partial charge < -0.3 is 13.6 Å². The normalized spacial score (nSPS) is 8.50. The molecule has 8 heteroatoms. The van der Waals surface area contributed by atoms with Crippen LogP contribution in [0, 0.1) is 0 Å². The van der Waals surface area contributed by atoms with E-state index in [4.69, 9.17) is 0 Å². The van der Waals surface area contributed by atoms with Gasteiger partial charge in [0.15, 0.2) is 0 Å². The summed E-state index contributed by atoms with van der Waals surface area (Å²) in [6.45, 7) is 0. The maximum atomic E-state index is 10.7. The van der Waals surface area contributed by atoms with E-state index in [-0.39, 0.29) is 21.2 Å². The van der Waals surface area contributed by atoms with Crippen LogP contribution >= 0.6 is 23.8 Å². The average Bonchev–Trinajstić information content (AvgIpc) is 1.87. The number of rotatable bonds is 1. The van der Waals surface area contributed by atoms with Crippen molar-refractivity contribution in [3.63, 3.8) is 0 Å². The largest absolute Gasteiger partial charge is 1.00 e. The zero-order valence-corrected chi connectivity index (χ0v) is 8.25. The molecule has 0 saturated heterocycles. The van der Waals surface area contributed by atoms with Crippen molar-refractivity contribution in [1.82, 2.24) is 0 Å². The summed E-state index contributed by atoms with van der Waals surface area (Å²) in [5, 5.41) is 0. The maximum Gasteiger partial charge on any atom is 0.441 e. The zero-order valence-electron chi connectivity index (χ0n) is 6.61. The summed E-state index contributed by atoms with van der Waals surface area (Å²) >= 11 is 1.24. The highest BCUT2D eigenvalue weighted by atomic mass is 32.2. The zero-order chi connectivity index (χ0) is 8.62. The molecular formula is C4H9F5OS2-2. The molecule has 0 heterocycles. The highest BCUT2D eigenvalue weighted by Crippen LogP contribution is 2.26. The number of hydrogen-bond donors (Lipinski definition) is 0. The van der Waals surface area contributed by atoms with Crippen LogP contribution in [0.1, 0.15) is 0 Å². The van der Waals surface area contributed by atoms with Crippen molar-refractivity contribution < 1.29 is 26.8 Å². The Labute approximate surface area is 76.4 Å². The molecule has 0 fully saturated rings. The lowest BCUT2D eigenvalue weighted by Crippen LogP contribution is -3.00. The van der Waals surface area contributed by atoms with Gasteiger partial charge in [0.05, 0.1) is 7.11 Å². The summed E-state index contributed by atoms with van der Waals surface area (Å²) in [4.78, 5) is 0. The van der Waals surface area contributed by atoms with E-state index in [2.05, 4.69) is 4.18 Å². The number of hydrogen-bond acceptors (Lipinski definition) is 3. The molecule has 0 spiro atoms. The molecule has 0 radical (unpaired) electrons. The first-order valence-electron chi connectivity index (χ1n) is 2.16. The summed E-state index contributed by atoms with van der Waals surface area (Å²) in [7, 11) is 1.64. The molecule has 0 amide bonds. The Morgan fingerprint density at radius 2 is 1.25 bits per heavy atom. The lowest BCUT2D eigenvalue weighted by molar-refractivity contribution is -0.0324. The first-order chi connectivity index (χ1) is 4.47. The highest BCUT2D eigenvalue weighted by molar-refractivity contribution is 7.99. The van der Waals surface area contributed by atoms with E-state index in [9.17, 15) is 13.2 Å². The summed E-state index contributed by atoms with van der Waals surface area (Å²) < 4.78 is 36.7. The molecule has 0 aromatic carbocycles. The van der Waals surface area contributed by atoms with Crippen molar-refractivity contribution in [2.24, 2.45) is 0 Å². The van der Waals surface area contributed by atoms with Crippen LogP contribution in [0.4, 0.5) is 13.2 Å². The second-order valence-electron chi connectivity index (χ2n) is 0.983. The molecule has 0 aliphatic heterocycles. The Morgan fingerprint density at radius 1 is 1.08 bits per heavy atom. The summed E-state index contributed by atoms with van der Waals surface area (Å²) in [5.41, 5.74) is -4.04. The fourth-order valence-electron chi connectivity index (χ4n) is 0. The Morgan fingerprint density at radius 3 is 1.25 bits per heavy atom. The van der Waals surface area contributed by atoms with E-state index < -0.39 is 5.51 Å². The second kappa shape index (κ2) is 13.9. The Kier molecular flexibility index (Phi) is 26.4. The van der Waals surface area contributed by atoms with Gasteiger partial charge in [0, 0.05) is 6.26 Å². The van der Waals surface area contributed by atoms with Gasteiger partial charge in [0.2, 0.25) is 0 Å². The summed E-state index contributed by atoms with van der Waals surface area (Å²) in [5.74, 6) is 0. The van der Waals surface area contributed by atoms with Gasteiger partial charge in [-0.2, -0.15) is 13.2 Å². The topological polar surface area (TPSA) is 9.23 Å². The number of thioether (sulfide) groups is 1. The Balaban J connectivity index is -0.0000000483. The smallest absolute Gasteiger partial charge is 0.441 e. The molecule has 1 nitrogen and oxygen atoms in total. The molecule has 0 rings (SSSR count). The van der Waals surface area contributed by atoms with Crippen LogP contribution in [0.2, 0.25) is 0 Å². The minimum absolute atomic E-state index is 0. The van der Waals surface area contributed by atoms with E-state index in [1.54, 1.807) is 7.11 Å². The highest BCUT2D eigenvalue weighted by Gasteiger charge is 2.24. The standard InChI is InChI=1S/C2H3F3S.C2H6OS.2FH/c1-6-2(3,4)5;1-3-4-2;;/h1H3;1-2H3;2*1H/p-2. The number of alkyl halides is 3. The third kappa shape index (κ3) is 48.1. The van der Waals surface area contributed by atoms with Crippen molar-refractivity contribution in [2.45, 2.75) is 5.51 Å². The van der Waals surface area contributed by atoms with Crippen molar-refractivity contribution in [1.29, 1.82) is 0 Å². The van der Waals surface area contributed by atoms with Crippen molar-refractivity contribution in [3.05, 3.63) is 0 Å². The van der Waals surface area contributed by atoms with Crippen LogP contribution in [0.3, 0.4) is 0 Å². The van der Waals surface area contributed by atoms with Crippen molar-refractivity contribution in [2.75, 3.05) is 19.6 Å². The fraction of sp³-hybridized carbons (Fsp3) is 1.00. The fourth-order valence-corrected chi connectivity index (χ4v) is 0. The van der Waals surface area contributed by atoms with Gasteiger partial charge in [0.25, 0.3) is 0 Å². The molecule has 0 unspecified atom stereocenters. The lowest BCUT2D eigenvalue weighted by atomic mass is 11.6. The average molecular weight is 232 g/mol. The van der Waals surface area contributed by atoms with E-state index >= 15 is 0 Å². The van der Waals surface area contributed by atoms with E-state index in [1.165, 1.54) is 12.0 Å². The van der Waals surface area contributed by atoms with Crippen molar-refractivity contribution >= 4 is 23.8 Å². The van der Waals surface area contributed by atoms with Crippen LogP contribution in [0.25, 0.3) is 0 Å². The molecule has 0 aliphatic carbocycles. The van der Waals surface area contributed by atoms with Gasteiger partial charge in [-0.1, -0.05) is 11.8 Å².